The van der Waals surface area contributed by atoms with E-state index < -0.39 is 5.41 Å². The fourth-order valence-corrected chi connectivity index (χ4v) is 1.88. The van der Waals surface area contributed by atoms with E-state index in [0.29, 0.717) is 0 Å². The van der Waals surface area contributed by atoms with Gasteiger partial charge in [0.2, 0.25) is 0 Å². The van der Waals surface area contributed by atoms with Gasteiger partial charge in [0.05, 0.1) is 5.41 Å². The molecule has 0 aromatic rings. The molecule has 0 N–H and O–H groups in total. The second-order valence-electron chi connectivity index (χ2n) is 5.16. The van der Waals surface area contributed by atoms with Gasteiger partial charge in [-0.15, -0.1) is 0 Å². The molecule has 0 aromatic carbocycles. The SMILES string of the molecule is CCCC(C)(C(=O)OCOC)C(C)(C)CC. The van der Waals surface area contributed by atoms with E-state index in [9.17, 15) is 4.79 Å². The zero-order valence-electron chi connectivity index (χ0n) is 11.6. The molecule has 0 amide bonds. The molecule has 0 aliphatic heterocycles. The summed E-state index contributed by atoms with van der Waals surface area (Å²) in [4.78, 5) is 12.1. The maximum Gasteiger partial charge on any atom is 0.314 e. The molecule has 0 radical (unpaired) electrons. The standard InChI is InChI=1S/C13H26O3/c1-7-9-13(5,12(3,4)8-2)11(14)16-10-15-6/h7-10H2,1-6H3. The number of esters is 1. The van der Waals surface area contributed by atoms with Crippen LogP contribution < -0.4 is 0 Å². The van der Waals surface area contributed by atoms with Gasteiger partial charge in [0.15, 0.2) is 6.79 Å². The van der Waals surface area contributed by atoms with Crippen LogP contribution in [0.4, 0.5) is 0 Å². The van der Waals surface area contributed by atoms with Gasteiger partial charge in [0.25, 0.3) is 0 Å². The normalized spacial score (nSPS) is 15.6. The van der Waals surface area contributed by atoms with E-state index in [1.54, 1.807) is 0 Å². The highest BCUT2D eigenvalue weighted by molar-refractivity contribution is 5.77. The number of rotatable bonds is 7. The van der Waals surface area contributed by atoms with Crippen LogP contribution in [0, 0.1) is 10.8 Å². The van der Waals surface area contributed by atoms with Crippen molar-refractivity contribution < 1.29 is 14.3 Å². The fraction of sp³-hybridized carbons (Fsp3) is 0.923. The predicted molar refractivity (Wildman–Crippen MR) is 65.1 cm³/mol. The van der Waals surface area contributed by atoms with Crippen molar-refractivity contribution in [3.63, 3.8) is 0 Å². The minimum Gasteiger partial charge on any atom is -0.438 e. The minimum atomic E-state index is -0.435. The van der Waals surface area contributed by atoms with E-state index in [0.717, 1.165) is 19.3 Å². The Labute approximate surface area is 99.5 Å². The molecule has 0 saturated carbocycles. The minimum absolute atomic E-state index is 0.0396. The summed E-state index contributed by atoms with van der Waals surface area (Å²) in [6, 6.07) is 0. The molecule has 1 atom stereocenters. The Morgan fingerprint density at radius 1 is 1.19 bits per heavy atom. The largest absolute Gasteiger partial charge is 0.438 e. The van der Waals surface area contributed by atoms with Crippen LogP contribution >= 0.6 is 0 Å². The molecule has 3 nitrogen and oxygen atoms in total. The molecule has 16 heavy (non-hydrogen) atoms. The summed E-state index contributed by atoms with van der Waals surface area (Å²) in [5, 5.41) is 0. The van der Waals surface area contributed by atoms with E-state index in [1.165, 1.54) is 7.11 Å². The quantitative estimate of drug-likeness (QED) is 0.497. The second kappa shape index (κ2) is 6.24. The van der Waals surface area contributed by atoms with Crippen molar-refractivity contribution in [2.45, 2.75) is 53.9 Å². The summed E-state index contributed by atoms with van der Waals surface area (Å²) >= 11 is 0. The maximum absolute atomic E-state index is 12.1. The number of carbonyl (C=O) groups excluding carboxylic acids is 1. The summed E-state index contributed by atoms with van der Waals surface area (Å²) in [5.74, 6) is -0.150. The monoisotopic (exact) mass is 230 g/mol. The van der Waals surface area contributed by atoms with Gasteiger partial charge < -0.3 is 9.47 Å². The lowest BCUT2D eigenvalue weighted by Crippen LogP contribution is -2.43. The van der Waals surface area contributed by atoms with Crippen LogP contribution in [-0.2, 0) is 14.3 Å². The third kappa shape index (κ3) is 3.21. The molecule has 96 valence electrons. The van der Waals surface area contributed by atoms with E-state index in [1.807, 2.05) is 6.92 Å². The van der Waals surface area contributed by atoms with E-state index in [-0.39, 0.29) is 18.2 Å². The first-order chi connectivity index (χ1) is 7.35. The first-order valence-electron chi connectivity index (χ1n) is 6.02. The van der Waals surface area contributed by atoms with Crippen molar-refractivity contribution in [2.24, 2.45) is 10.8 Å². The maximum atomic E-state index is 12.1. The summed E-state index contributed by atoms with van der Waals surface area (Å²) in [6.45, 7) is 10.5. The Bertz CT molecular complexity index is 223. The number of methoxy groups -OCH3 is 1. The molecule has 0 aliphatic carbocycles. The Morgan fingerprint density at radius 3 is 2.12 bits per heavy atom. The van der Waals surface area contributed by atoms with Crippen molar-refractivity contribution in [3.05, 3.63) is 0 Å². The first kappa shape index (κ1) is 15.4. The van der Waals surface area contributed by atoms with E-state index in [4.69, 9.17) is 9.47 Å². The lowest BCUT2D eigenvalue weighted by atomic mass is 9.63. The van der Waals surface area contributed by atoms with Crippen LogP contribution in [-0.4, -0.2) is 19.9 Å². The molecular weight excluding hydrogens is 204 g/mol. The topological polar surface area (TPSA) is 35.5 Å². The third-order valence-corrected chi connectivity index (χ3v) is 3.89. The molecular formula is C13H26O3. The van der Waals surface area contributed by atoms with Gasteiger partial charge >= 0.3 is 5.97 Å². The molecule has 0 aromatic heterocycles. The highest BCUT2D eigenvalue weighted by atomic mass is 16.7. The van der Waals surface area contributed by atoms with Gasteiger partial charge in [-0.1, -0.05) is 34.1 Å². The van der Waals surface area contributed by atoms with Crippen LogP contribution in [0.25, 0.3) is 0 Å². The summed E-state index contributed by atoms with van der Waals surface area (Å²) in [6.07, 6.45) is 2.77. The van der Waals surface area contributed by atoms with Crippen LogP contribution in [0.5, 0.6) is 0 Å². The summed E-state index contributed by atoms with van der Waals surface area (Å²) in [7, 11) is 1.52. The molecule has 0 rings (SSSR count). The van der Waals surface area contributed by atoms with Crippen LogP contribution in [0.1, 0.15) is 53.9 Å². The lowest BCUT2D eigenvalue weighted by molar-refractivity contribution is -0.174. The summed E-state index contributed by atoms with van der Waals surface area (Å²) < 4.78 is 9.92. The average Bonchev–Trinajstić information content (AvgIpc) is 2.25. The van der Waals surface area contributed by atoms with Gasteiger partial charge in [-0.25, -0.2) is 0 Å². The van der Waals surface area contributed by atoms with Crippen LogP contribution in [0.3, 0.4) is 0 Å². The fourth-order valence-electron chi connectivity index (χ4n) is 1.88. The summed E-state index contributed by atoms with van der Waals surface area (Å²) in [5.41, 5.74) is -0.497. The van der Waals surface area contributed by atoms with Crippen molar-refractivity contribution >= 4 is 5.97 Å². The Kier molecular flexibility index (Phi) is 6.01. The Hall–Kier alpha value is -0.570. The molecule has 3 heteroatoms. The molecule has 0 aliphatic rings. The predicted octanol–water partition coefficient (Wildman–Crippen LogP) is 3.38. The Balaban J connectivity index is 4.87. The number of hydrogen-bond donors (Lipinski definition) is 0. The van der Waals surface area contributed by atoms with E-state index >= 15 is 0 Å². The molecule has 0 fully saturated rings. The number of carbonyl (C=O) groups is 1. The highest BCUT2D eigenvalue weighted by Gasteiger charge is 2.46. The smallest absolute Gasteiger partial charge is 0.314 e. The van der Waals surface area contributed by atoms with Gasteiger partial charge in [-0.05, 0) is 25.2 Å². The molecule has 0 saturated heterocycles. The van der Waals surface area contributed by atoms with Gasteiger partial charge in [-0.3, -0.25) is 4.79 Å². The second-order valence-corrected chi connectivity index (χ2v) is 5.16. The van der Waals surface area contributed by atoms with Gasteiger partial charge in [0, 0.05) is 7.11 Å². The van der Waals surface area contributed by atoms with Gasteiger partial charge in [-0.2, -0.15) is 0 Å². The molecule has 1 unspecified atom stereocenters. The van der Waals surface area contributed by atoms with Crippen LogP contribution in [0.2, 0.25) is 0 Å². The number of ether oxygens (including phenoxy) is 2. The van der Waals surface area contributed by atoms with Crippen molar-refractivity contribution in [1.29, 1.82) is 0 Å². The van der Waals surface area contributed by atoms with Crippen molar-refractivity contribution in [3.8, 4) is 0 Å². The average molecular weight is 230 g/mol. The Morgan fingerprint density at radius 2 is 1.75 bits per heavy atom. The van der Waals surface area contributed by atoms with Crippen molar-refractivity contribution in [2.75, 3.05) is 13.9 Å². The molecule has 0 bridgehead atoms. The lowest BCUT2D eigenvalue weighted by Gasteiger charge is -2.41. The van der Waals surface area contributed by atoms with E-state index in [2.05, 4.69) is 27.7 Å². The number of hydrogen-bond acceptors (Lipinski definition) is 3. The van der Waals surface area contributed by atoms with Gasteiger partial charge in [0.1, 0.15) is 0 Å². The molecule has 0 spiro atoms. The van der Waals surface area contributed by atoms with Crippen molar-refractivity contribution in [1.82, 2.24) is 0 Å². The molecule has 0 heterocycles. The highest BCUT2D eigenvalue weighted by Crippen LogP contribution is 2.45. The zero-order valence-corrected chi connectivity index (χ0v) is 11.6. The van der Waals surface area contributed by atoms with Crippen LogP contribution in [0.15, 0.2) is 0 Å². The first-order valence-corrected chi connectivity index (χ1v) is 6.02. The zero-order chi connectivity index (χ0) is 12.8. The third-order valence-electron chi connectivity index (χ3n) is 3.89.